The summed E-state index contributed by atoms with van der Waals surface area (Å²) in [7, 11) is 2.68. The summed E-state index contributed by atoms with van der Waals surface area (Å²) in [5, 5.41) is 2.90. The van der Waals surface area contributed by atoms with Crippen LogP contribution in [-0.2, 0) is 34.4 Å². The number of imidazole rings is 1. The average molecular weight is 489 g/mol. The number of alkyl carbamates (subject to hydrolysis) is 1. The molecule has 0 aliphatic carbocycles. The standard InChI is InChI=1S/C23H32N6O6/c1-7-8-12-28-17-18(26(5)22(33)29(19(17)31)14-16(30)34-6)25-20(28)27-11-9-10-15(13-27)24-21(32)35-23(2,3)4/h15H,9-14H2,1-6H3,(H,24,32)/t15-/m1/s1. The van der Waals surface area contributed by atoms with E-state index >= 15 is 0 Å². The molecule has 12 heteroatoms. The minimum Gasteiger partial charge on any atom is -0.468 e. The van der Waals surface area contributed by atoms with Crippen molar-refractivity contribution in [3.05, 3.63) is 20.8 Å². The van der Waals surface area contributed by atoms with Gasteiger partial charge in [0.2, 0.25) is 5.95 Å². The highest BCUT2D eigenvalue weighted by Gasteiger charge is 2.29. The van der Waals surface area contributed by atoms with Gasteiger partial charge in [-0.05, 0) is 40.5 Å². The summed E-state index contributed by atoms with van der Waals surface area (Å²) in [6.07, 6.45) is 1.03. The average Bonchev–Trinajstić information content (AvgIpc) is 3.17. The first-order valence-electron chi connectivity index (χ1n) is 11.4. The number of amides is 1. The molecule has 0 spiro atoms. The Labute approximate surface area is 202 Å². The lowest BCUT2D eigenvalue weighted by atomic mass is 10.1. The Morgan fingerprint density at radius 2 is 1.94 bits per heavy atom. The first-order chi connectivity index (χ1) is 16.5. The number of piperidine rings is 1. The number of anilines is 1. The summed E-state index contributed by atoms with van der Waals surface area (Å²) in [5.41, 5.74) is -1.58. The first-order valence-corrected chi connectivity index (χ1v) is 11.4. The minimum absolute atomic E-state index is 0.161. The molecule has 0 unspecified atom stereocenters. The quantitative estimate of drug-likeness (QED) is 0.478. The predicted octanol–water partition coefficient (Wildman–Crippen LogP) is 0.587. The molecule has 0 bridgehead atoms. The molecular weight excluding hydrogens is 456 g/mol. The molecule has 3 rings (SSSR count). The van der Waals surface area contributed by atoms with Crippen molar-refractivity contribution in [3.63, 3.8) is 0 Å². The van der Waals surface area contributed by atoms with Crippen LogP contribution in [-0.4, -0.2) is 62.6 Å². The van der Waals surface area contributed by atoms with E-state index in [1.165, 1.54) is 18.7 Å². The molecule has 1 aliphatic heterocycles. The van der Waals surface area contributed by atoms with Crippen molar-refractivity contribution in [2.75, 3.05) is 25.1 Å². The molecule has 12 nitrogen and oxygen atoms in total. The van der Waals surface area contributed by atoms with Gasteiger partial charge in [-0.2, -0.15) is 4.98 Å². The molecule has 1 aliphatic rings. The number of methoxy groups -OCH3 is 1. The van der Waals surface area contributed by atoms with Gasteiger partial charge < -0.3 is 19.7 Å². The third-order valence-corrected chi connectivity index (χ3v) is 5.57. The van der Waals surface area contributed by atoms with Gasteiger partial charge in [0.1, 0.15) is 12.1 Å². The van der Waals surface area contributed by atoms with Crippen LogP contribution >= 0.6 is 0 Å². The Morgan fingerprint density at radius 3 is 2.57 bits per heavy atom. The number of ether oxygens (including phenoxy) is 2. The Kier molecular flexibility index (Phi) is 7.57. The summed E-state index contributed by atoms with van der Waals surface area (Å²) in [4.78, 5) is 56.8. The summed E-state index contributed by atoms with van der Waals surface area (Å²) in [5.74, 6) is 5.52. The Morgan fingerprint density at radius 1 is 1.23 bits per heavy atom. The third-order valence-electron chi connectivity index (χ3n) is 5.57. The molecule has 1 N–H and O–H groups in total. The van der Waals surface area contributed by atoms with E-state index in [-0.39, 0.29) is 23.8 Å². The van der Waals surface area contributed by atoms with Gasteiger partial charge in [0.25, 0.3) is 5.56 Å². The zero-order chi connectivity index (χ0) is 25.9. The van der Waals surface area contributed by atoms with Crippen LogP contribution in [0.3, 0.4) is 0 Å². The number of rotatable bonds is 5. The Bertz CT molecular complexity index is 1300. The van der Waals surface area contributed by atoms with Crippen LogP contribution in [0, 0.1) is 11.8 Å². The monoisotopic (exact) mass is 488 g/mol. The van der Waals surface area contributed by atoms with Crippen LogP contribution in [0.4, 0.5) is 10.7 Å². The molecule has 2 aromatic heterocycles. The van der Waals surface area contributed by atoms with Crippen LogP contribution in [0.25, 0.3) is 11.2 Å². The van der Waals surface area contributed by atoms with E-state index in [0.717, 1.165) is 17.4 Å². The lowest BCUT2D eigenvalue weighted by molar-refractivity contribution is -0.141. The molecule has 35 heavy (non-hydrogen) atoms. The van der Waals surface area contributed by atoms with Crippen molar-refractivity contribution in [1.29, 1.82) is 0 Å². The van der Waals surface area contributed by atoms with Gasteiger partial charge in [-0.3, -0.25) is 18.7 Å². The maximum atomic E-state index is 13.3. The Hall–Kier alpha value is -3.75. The second kappa shape index (κ2) is 10.2. The van der Waals surface area contributed by atoms with Gasteiger partial charge in [0, 0.05) is 26.2 Å². The van der Waals surface area contributed by atoms with Crippen LogP contribution < -0.4 is 21.5 Å². The molecule has 1 saturated heterocycles. The fraction of sp³-hybridized carbons (Fsp3) is 0.609. The number of carbonyl (C=O) groups is 2. The van der Waals surface area contributed by atoms with Crippen molar-refractivity contribution in [2.24, 2.45) is 7.05 Å². The number of hydrogen-bond acceptors (Lipinski definition) is 8. The molecule has 0 radical (unpaired) electrons. The molecule has 1 atom stereocenters. The van der Waals surface area contributed by atoms with Crippen molar-refractivity contribution >= 4 is 29.2 Å². The summed E-state index contributed by atoms with van der Waals surface area (Å²) in [6, 6.07) is -0.191. The van der Waals surface area contributed by atoms with Gasteiger partial charge in [-0.15, -0.1) is 5.92 Å². The lowest BCUT2D eigenvalue weighted by Gasteiger charge is -2.34. The van der Waals surface area contributed by atoms with Crippen LogP contribution in [0.1, 0.15) is 40.5 Å². The van der Waals surface area contributed by atoms with Crippen molar-refractivity contribution in [3.8, 4) is 11.8 Å². The van der Waals surface area contributed by atoms with E-state index in [1.807, 2.05) is 4.90 Å². The zero-order valence-electron chi connectivity index (χ0n) is 21.0. The Balaban J connectivity index is 2.05. The van der Waals surface area contributed by atoms with Crippen molar-refractivity contribution in [1.82, 2.24) is 24.0 Å². The first kappa shape index (κ1) is 25.9. The fourth-order valence-corrected chi connectivity index (χ4v) is 3.99. The number of aromatic nitrogens is 4. The van der Waals surface area contributed by atoms with Crippen molar-refractivity contribution < 1.29 is 19.1 Å². The molecule has 1 fully saturated rings. The second-order valence-electron chi connectivity index (χ2n) is 9.34. The van der Waals surface area contributed by atoms with Crippen molar-refractivity contribution in [2.45, 2.75) is 65.3 Å². The minimum atomic E-state index is -0.713. The predicted molar refractivity (Wildman–Crippen MR) is 129 cm³/mol. The maximum Gasteiger partial charge on any atom is 0.407 e. The number of nitrogens with zero attached hydrogens (tertiary/aromatic N) is 5. The van der Waals surface area contributed by atoms with E-state index in [2.05, 4.69) is 26.9 Å². The molecule has 1 amide bonds. The number of aryl methyl sites for hydroxylation is 1. The number of esters is 1. The number of carbonyl (C=O) groups excluding carboxylic acids is 2. The zero-order valence-corrected chi connectivity index (χ0v) is 21.0. The van der Waals surface area contributed by atoms with E-state index in [1.54, 1.807) is 32.3 Å². The van der Waals surface area contributed by atoms with Gasteiger partial charge in [-0.1, -0.05) is 5.92 Å². The topological polar surface area (TPSA) is 130 Å². The van der Waals surface area contributed by atoms with E-state index in [0.29, 0.717) is 19.0 Å². The maximum absolute atomic E-state index is 13.3. The lowest BCUT2D eigenvalue weighted by Crippen LogP contribution is -2.49. The van der Waals surface area contributed by atoms with Gasteiger partial charge in [-0.25, -0.2) is 14.2 Å². The summed E-state index contributed by atoms with van der Waals surface area (Å²) in [6.45, 7) is 7.81. The van der Waals surface area contributed by atoms with Crippen LogP contribution in [0.5, 0.6) is 0 Å². The molecule has 0 saturated carbocycles. The van der Waals surface area contributed by atoms with E-state index < -0.39 is 35.5 Å². The van der Waals surface area contributed by atoms with E-state index in [9.17, 15) is 19.2 Å². The second-order valence-corrected chi connectivity index (χ2v) is 9.34. The fourth-order valence-electron chi connectivity index (χ4n) is 3.99. The highest BCUT2D eigenvalue weighted by Crippen LogP contribution is 2.23. The third kappa shape index (κ3) is 5.67. The van der Waals surface area contributed by atoms with Gasteiger partial charge >= 0.3 is 17.8 Å². The molecule has 0 aromatic carbocycles. The smallest absolute Gasteiger partial charge is 0.407 e. The van der Waals surface area contributed by atoms with Gasteiger partial charge in [0.05, 0.1) is 13.7 Å². The van der Waals surface area contributed by atoms with Gasteiger partial charge in [0.15, 0.2) is 11.2 Å². The highest BCUT2D eigenvalue weighted by molar-refractivity contribution is 5.76. The van der Waals surface area contributed by atoms with E-state index in [4.69, 9.17) is 4.74 Å². The number of fused-ring (bicyclic) bond motifs is 1. The number of hydrogen-bond donors (Lipinski definition) is 1. The molecular formula is C23H32N6O6. The summed E-state index contributed by atoms with van der Waals surface area (Å²) >= 11 is 0. The molecule has 3 heterocycles. The van der Waals surface area contributed by atoms with Crippen LogP contribution in [0.2, 0.25) is 0 Å². The van der Waals surface area contributed by atoms with Crippen LogP contribution in [0.15, 0.2) is 9.59 Å². The number of nitrogens with one attached hydrogen (secondary N) is 1. The molecule has 2 aromatic rings. The highest BCUT2D eigenvalue weighted by atomic mass is 16.6. The largest absolute Gasteiger partial charge is 0.468 e. The molecule has 190 valence electrons. The normalized spacial score (nSPS) is 15.9. The SMILES string of the molecule is CC#CCn1c(N2CCC[C@@H](NC(=O)OC(C)(C)C)C2)nc2c1c(=O)n(CC(=O)OC)c(=O)n2C. The summed E-state index contributed by atoms with van der Waals surface area (Å²) < 4.78 is 13.7.